The first kappa shape index (κ1) is 17.7. The van der Waals surface area contributed by atoms with Crippen LogP contribution in [-0.2, 0) is 13.0 Å². The number of nitrogens with zero attached hydrogens (tertiary/aromatic N) is 3. The highest BCUT2D eigenvalue weighted by Crippen LogP contribution is 2.10. The average Bonchev–Trinajstić information content (AvgIpc) is 3.13. The van der Waals surface area contributed by atoms with E-state index in [2.05, 4.69) is 44.9 Å². The number of halogens is 1. The molecule has 0 aliphatic carbocycles. The predicted octanol–water partition coefficient (Wildman–Crippen LogP) is 2.92. The van der Waals surface area contributed by atoms with E-state index in [0.717, 1.165) is 29.6 Å². The molecule has 0 amide bonds. The molecule has 2 aromatic heterocycles. The van der Waals surface area contributed by atoms with Gasteiger partial charge in [-0.1, -0.05) is 30.3 Å². The smallest absolute Gasteiger partial charge is 0.193 e. The molecule has 7 heteroatoms. The second kappa shape index (κ2) is 8.88. The minimum absolute atomic E-state index is 0. The third kappa shape index (κ3) is 4.93. The maximum atomic E-state index is 4.54. The van der Waals surface area contributed by atoms with Crippen molar-refractivity contribution < 1.29 is 0 Å². The highest BCUT2D eigenvalue weighted by Gasteiger charge is 2.03. The molecule has 0 saturated carbocycles. The first-order chi connectivity index (χ1) is 10.8. The topological polar surface area (TPSA) is 53.7 Å². The fourth-order valence-corrected chi connectivity index (χ4v) is 2.95. The minimum atomic E-state index is 0. The van der Waals surface area contributed by atoms with E-state index in [9.17, 15) is 0 Å². The van der Waals surface area contributed by atoms with Crippen molar-refractivity contribution in [2.75, 3.05) is 13.6 Å². The van der Waals surface area contributed by atoms with Crippen LogP contribution in [0.1, 0.15) is 11.3 Å². The molecule has 0 bridgehead atoms. The van der Waals surface area contributed by atoms with Crippen molar-refractivity contribution in [3.05, 3.63) is 59.4 Å². The van der Waals surface area contributed by atoms with Crippen LogP contribution in [0.25, 0.3) is 4.96 Å². The number of fused-ring (bicyclic) bond motifs is 1. The summed E-state index contributed by atoms with van der Waals surface area (Å²) >= 11 is 1.64. The van der Waals surface area contributed by atoms with Gasteiger partial charge < -0.3 is 10.6 Å². The number of imidazole rings is 1. The average molecular weight is 441 g/mol. The first-order valence-corrected chi connectivity index (χ1v) is 8.12. The lowest BCUT2D eigenvalue weighted by Gasteiger charge is -2.10. The molecule has 0 aliphatic heterocycles. The maximum Gasteiger partial charge on any atom is 0.193 e. The molecule has 0 unspecified atom stereocenters. The Labute approximate surface area is 156 Å². The Morgan fingerprint density at radius 2 is 2.09 bits per heavy atom. The molecule has 0 saturated heterocycles. The van der Waals surface area contributed by atoms with Crippen LogP contribution in [0.15, 0.2) is 53.1 Å². The fourth-order valence-electron chi connectivity index (χ4n) is 2.23. The zero-order valence-electron chi connectivity index (χ0n) is 12.9. The molecule has 0 atom stereocenters. The fraction of sp³-hybridized carbons (Fsp3) is 0.250. The van der Waals surface area contributed by atoms with Crippen molar-refractivity contribution in [3.8, 4) is 0 Å². The van der Waals surface area contributed by atoms with E-state index in [1.54, 1.807) is 18.4 Å². The zero-order chi connectivity index (χ0) is 15.2. The Morgan fingerprint density at radius 3 is 2.83 bits per heavy atom. The van der Waals surface area contributed by atoms with E-state index < -0.39 is 0 Å². The van der Waals surface area contributed by atoms with Crippen LogP contribution in [0.4, 0.5) is 0 Å². The summed E-state index contributed by atoms with van der Waals surface area (Å²) in [6, 6.07) is 10.4. The van der Waals surface area contributed by atoms with Crippen LogP contribution >= 0.6 is 35.3 Å². The summed E-state index contributed by atoms with van der Waals surface area (Å²) in [5.74, 6) is 0.798. The second-order valence-electron chi connectivity index (χ2n) is 4.91. The number of rotatable bonds is 5. The van der Waals surface area contributed by atoms with E-state index in [0.29, 0.717) is 6.54 Å². The van der Waals surface area contributed by atoms with Gasteiger partial charge in [0.05, 0.1) is 12.2 Å². The van der Waals surface area contributed by atoms with Crippen molar-refractivity contribution in [2.24, 2.45) is 4.99 Å². The number of hydrogen-bond donors (Lipinski definition) is 2. The van der Waals surface area contributed by atoms with Gasteiger partial charge in [-0.15, -0.1) is 35.3 Å². The Bertz CT molecular complexity index is 722. The molecule has 5 nitrogen and oxygen atoms in total. The van der Waals surface area contributed by atoms with Gasteiger partial charge in [0.25, 0.3) is 0 Å². The molecule has 0 aliphatic rings. The largest absolute Gasteiger partial charge is 0.356 e. The Morgan fingerprint density at radius 1 is 1.26 bits per heavy atom. The quantitative estimate of drug-likeness (QED) is 0.364. The zero-order valence-corrected chi connectivity index (χ0v) is 16.0. The van der Waals surface area contributed by atoms with Crippen molar-refractivity contribution in [1.29, 1.82) is 0 Å². The molecule has 1 aromatic carbocycles. The van der Waals surface area contributed by atoms with E-state index in [4.69, 9.17) is 0 Å². The first-order valence-electron chi connectivity index (χ1n) is 7.24. The number of hydrogen-bond acceptors (Lipinski definition) is 3. The van der Waals surface area contributed by atoms with Crippen LogP contribution in [0, 0.1) is 0 Å². The van der Waals surface area contributed by atoms with Crippen molar-refractivity contribution in [3.63, 3.8) is 0 Å². The van der Waals surface area contributed by atoms with E-state index in [1.165, 1.54) is 5.56 Å². The Hall–Kier alpha value is -1.61. The van der Waals surface area contributed by atoms with Gasteiger partial charge in [-0.2, -0.15) is 0 Å². The molecule has 122 valence electrons. The molecule has 2 heterocycles. The molecule has 0 radical (unpaired) electrons. The van der Waals surface area contributed by atoms with Gasteiger partial charge in [0.15, 0.2) is 10.9 Å². The molecule has 3 aromatic rings. The number of guanidine groups is 1. The highest BCUT2D eigenvalue weighted by molar-refractivity contribution is 14.0. The van der Waals surface area contributed by atoms with Gasteiger partial charge in [-0.05, 0) is 12.0 Å². The molecular formula is C16H20IN5S. The maximum absolute atomic E-state index is 4.54. The molecule has 0 fully saturated rings. The summed E-state index contributed by atoms with van der Waals surface area (Å²) in [5, 5.41) is 8.64. The summed E-state index contributed by atoms with van der Waals surface area (Å²) in [6.45, 7) is 1.52. The lowest BCUT2D eigenvalue weighted by Crippen LogP contribution is -2.37. The second-order valence-corrected chi connectivity index (χ2v) is 5.79. The van der Waals surface area contributed by atoms with Crippen molar-refractivity contribution >= 4 is 46.2 Å². The molecular weight excluding hydrogens is 421 g/mol. The van der Waals surface area contributed by atoms with Gasteiger partial charge in [-0.25, -0.2) is 4.98 Å². The summed E-state index contributed by atoms with van der Waals surface area (Å²) in [6.07, 6.45) is 5.03. The van der Waals surface area contributed by atoms with Gasteiger partial charge in [0.1, 0.15) is 0 Å². The van der Waals surface area contributed by atoms with E-state index in [1.807, 2.05) is 28.2 Å². The monoisotopic (exact) mass is 441 g/mol. The molecule has 23 heavy (non-hydrogen) atoms. The number of aromatic nitrogens is 2. The van der Waals surface area contributed by atoms with Crippen molar-refractivity contribution in [1.82, 2.24) is 20.0 Å². The Kier molecular flexibility index (Phi) is 6.85. The predicted molar refractivity (Wildman–Crippen MR) is 107 cm³/mol. The van der Waals surface area contributed by atoms with E-state index in [-0.39, 0.29) is 24.0 Å². The summed E-state index contributed by atoms with van der Waals surface area (Å²) in [5.41, 5.74) is 2.33. The minimum Gasteiger partial charge on any atom is -0.356 e. The van der Waals surface area contributed by atoms with E-state index >= 15 is 0 Å². The van der Waals surface area contributed by atoms with Crippen LogP contribution in [0.2, 0.25) is 0 Å². The lowest BCUT2D eigenvalue weighted by molar-refractivity contribution is 0.786. The van der Waals surface area contributed by atoms with Crippen LogP contribution in [-0.4, -0.2) is 28.9 Å². The van der Waals surface area contributed by atoms with Crippen LogP contribution in [0.5, 0.6) is 0 Å². The van der Waals surface area contributed by atoms with Crippen LogP contribution < -0.4 is 10.6 Å². The van der Waals surface area contributed by atoms with Crippen molar-refractivity contribution in [2.45, 2.75) is 13.0 Å². The van der Waals surface area contributed by atoms with Crippen LogP contribution in [0.3, 0.4) is 0 Å². The SMILES string of the molecule is CN=C(NCCc1ccccc1)NCc1cn2ccsc2n1.I. The lowest BCUT2D eigenvalue weighted by atomic mass is 10.1. The summed E-state index contributed by atoms with van der Waals surface area (Å²) in [4.78, 5) is 9.80. The molecule has 3 rings (SSSR count). The number of aliphatic imine (C=N–C) groups is 1. The third-order valence-electron chi connectivity index (χ3n) is 3.35. The van der Waals surface area contributed by atoms with Gasteiger partial charge in [-0.3, -0.25) is 9.39 Å². The highest BCUT2D eigenvalue weighted by atomic mass is 127. The standard InChI is InChI=1S/C16H19N5S.HI/c1-17-15(18-8-7-13-5-3-2-4-6-13)19-11-14-12-21-9-10-22-16(21)20-14;/h2-6,9-10,12H,7-8,11H2,1H3,(H2,17,18,19);1H. The molecule has 0 spiro atoms. The van der Waals surface area contributed by atoms with Gasteiger partial charge >= 0.3 is 0 Å². The normalized spacial score (nSPS) is 11.3. The van der Waals surface area contributed by atoms with Gasteiger partial charge in [0.2, 0.25) is 0 Å². The number of thiazole rings is 1. The number of benzene rings is 1. The molecule has 2 N–H and O–H groups in total. The Balaban J connectivity index is 0.00000192. The summed E-state index contributed by atoms with van der Waals surface area (Å²) < 4.78 is 2.03. The van der Waals surface area contributed by atoms with Gasteiger partial charge in [0, 0.05) is 31.4 Å². The third-order valence-corrected chi connectivity index (χ3v) is 4.12. The number of nitrogens with one attached hydrogen (secondary N) is 2. The summed E-state index contributed by atoms with van der Waals surface area (Å²) in [7, 11) is 1.78.